The number of rotatable bonds is 2. The van der Waals surface area contributed by atoms with Gasteiger partial charge >= 0.3 is 5.69 Å². The number of nitrogens with zero attached hydrogens (tertiary/aromatic N) is 1. The van der Waals surface area contributed by atoms with E-state index in [0.717, 1.165) is 23.0 Å². The molecule has 0 spiro atoms. The third-order valence-electron chi connectivity index (χ3n) is 2.51. The number of nitrogens with one attached hydrogen (secondary N) is 2. The number of aromatic nitrogens is 2. The topological polar surface area (TPSA) is 72.4 Å². The first kappa shape index (κ1) is 9.53. The van der Waals surface area contributed by atoms with Crippen molar-refractivity contribution in [2.24, 2.45) is 0 Å². The van der Waals surface area contributed by atoms with Crippen molar-refractivity contribution >= 4 is 11.0 Å². The maximum Gasteiger partial charge on any atom is 0.323 e. The molecule has 1 unspecified atom stereocenters. The lowest BCUT2D eigenvalue weighted by Gasteiger charge is -2.05. The van der Waals surface area contributed by atoms with Crippen LogP contribution < -0.4 is 5.69 Å². The van der Waals surface area contributed by atoms with E-state index >= 15 is 0 Å². The van der Waals surface area contributed by atoms with Crippen molar-refractivity contribution in [1.82, 2.24) is 9.97 Å². The quantitative estimate of drug-likeness (QED) is 0.778. The van der Waals surface area contributed by atoms with Gasteiger partial charge in [0.05, 0.1) is 23.0 Å². The Morgan fingerprint density at radius 3 is 2.80 bits per heavy atom. The molecule has 1 heterocycles. The molecule has 0 saturated heterocycles. The highest BCUT2D eigenvalue weighted by atomic mass is 16.1. The Bertz CT molecular complexity index is 573. The molecule has 0 saturated carbocycles. The van der Waals surface area contributed by atoms with Crippen LogP contribution in [0.5, 0.6) is 0 Å². The zero-order chi connectivity index (χ0) is 10.8. The Morgan fingerprint density at radius 2 is 2.13 bits per heavy atom. The molecule has 1 aromatic carbocycles. The number of imidazole rings is 1. The van der Waals surface area contributed by atoms with Crippen LogP contribution >= 0.6 is 0 Å². The standard InChI is InChI=1S/C11H11N3O/c1-2-7(6-12)8-3-4-9-10(5-8)14-11(15)13-9/h3-5,7H,2H2,1H3,(H2,13,14,15). The van der Waals surface area contributed by atoms with Gasteiger partial charge in [0.1, 0.15) is 0 Å². The van der Waals surface area contributed by atoms with E-state index in [-0.39, 0.29) is 11.6 Å². The Hall–Kier alpha value is -2.02. The minimum absolute atomic E-state index is 0.104. The van der Waals surface area contributed by atoms with Crippen LogP contribution in [-0.2, 0) is 0 Å². The molecule has 1 atom stereocenters. The molecule has 1 aromatic heterocycles. The zero-order valence-corrected chi connectivity index (χ0v) is 8.37. The fraction of sp³-hybridized carbons (Fsp3) is 0.273. The van der Waals surface area contributed by atoms with Gasteiger partial charge in [-0.25, -0.2) is 4.79 Å². The SMILES string of the molecule is CCC(C#N)c1ccc2[nH]c(=O)[nH]c2c1. The first-order chi connectivity index (χ1) is 7.24. The summed E-state index contributed by atoms with van der Waals surface area (Å²) in [5.41, 5.74) is 2.26. The smallest absolute Gasteiger partial charge is 0.306 e. The summed E-state index contributed by atoms with van der Waals surface area (Å²) in [6.07, 6.45) is 0.774. The van der Waals surface area contributed by atoms with Crippen molar-refractivity contribution in [3.05, 3.63) is 34.2 Å². The van der Waals surface area contributed by atoms with E-state index in [0.29, 0.717) is 0 Å². The molecular formula is C11H11N3O. The number of fused-ring (bicyclic) bond motifs is 1. The number of H-pyrrole nitrogens is 2. The number of hydrogen-bond donors (Lipinski definition) is 2. The van der Waals surface area contributed by atoms with Crippen LogP contribution in [0.4, 0.5) is 0 Å². The number of benzene rings is 1. The van der Waals surface area contributed by atoms with Crippen molar-refractivity contribution < 1.29 is 0 Å². The third-order valence-corrected chi connectivity index (χ3v) is 2.51. The van der Waals surface area contributed by atoms with Crippen LogP contribution in [0.2, 0.25) is 0 Å². The average molecular weight is 201 g/mol. The average Bonchev–Trinajstić information content (AvgIpc) is 2.59. The monoisotopic (exact) mass is 201 g/mol. The van der Waals surface area contributed by atoms with Gasteiger partial charge in [0.15, 0.2) is 0 Å². The summed E-state index contributed by atoms with van der Waals surface area (Å²) in [6, 6.07) is 7.79. The summed E-state index contributed by atoms with van der Waals surface area (Å²) < 4.78 is 0. The van der Waals surface area contributed by atoms with Gasteiger partial charge in [0.2, 0.25) is 0 Å². The van der Waals surface area contributed by atoms with Crippen LogP contribution in [0.3, 0.4) is 0 Å². The van der Waals surface area contributed by atoms with Crippen molar-refractivity contribution in [3.63, 3.8) is 0 Å². The second-order valence-electron chi connectivity index (χ2n) is 3.47. The van der Waals surface area contributed by atoms with Crippen LogP contribution in [0.1, 0.15) is 24.8 Å². The summed E-state index contributed by atoms with van der Waals surface area (Å²) in [6.45, 7) is 1.97. The van der Waals surface area contributed by atoms with E-state index in [1.165, 1.54) is 0 Å². The van der Waals surface area contributed by atoms with Gasteiger partial charge in [-0.1, -0.05) is 13.0 Å². The van der Waals surface area contributed by atoms with E-state index in [2.05, 4.69) is 16.0 Å². The van der Waals surface area contributed by atoms with Crippen LogP contribution in [-0.4, -0.2) is 9.97 Å². The van der Waals surface area contributed by atoms with Gasteiger partial charge in [-0.15, -0.1) is 0 Å². The molecule has 2 rings (SSSR count). The fourth-order valence-electron chi connectivity index (χ4n) is 1.67. The lowest BCUT2D eigenvalue weighted by molar-refractivity contribution is 0.819. The molecule has 2 aromatic rings. The molecule has 15 heavy (non-hydrogen) atoms. The second kappa shape index (κ2) is 3.62. The third kappa shape index (κ3) is 1.64. The van der Waals surface area contributed by atoms with Gasteiger partial charge in [-0.05, 0) is 24.1 Å². The van der Waals surface area contributed by atoms with Gasteiger partial charge in [0.25, 0.3) is 0 Å². The van der Waals surface area contributed by atoms with Gasteiger partial charge in [0, 0.05) is 0 Å². The summed E-state index contributed by atoms with van der Waals surface area (Å²) in [5.74, 6) is -0.104. The molecule has 0 radical (unpaired) electrons. The Balaban J connectivity index is 2.56. The van der Waals surface area contributed by atoms with Gasteiger partial charge < -0.3 is 9.97 Å². The fourth-order valence-corrected chi connectivity index (χ4v) is 1.67. The maximum absolute atomic E-state index is 11.0. The predicted molar refractivity (Wildman–Crippen MR) is 57.6 cm³/mol. The van der Waals surface area contributed by atoms with Gasteiger partial charge in [-0.2, -0.15) is 5.26 Å². The van der Waals surface area contributed by atoms with Crippen molar-refractivity contribution in [2.75, 3.05) is 0 Å². The molecule has 4 heteroatoms. The predicted octanol–water partition coefficient (Wildman–Crippen LogP) is 1.87. The second-order valence-corrected chi connectivity index (χ2v) is 3.47. The van der Waals surface area contributed by atoms with Crippen LogP contribution in [0.15, 0.2) is 23.0 Å². The van der Waals surface area contributed by atoms with E-state index in [1.54, 1.807) is 0 Å². The molecule has 4 nitrogen and oxygen atoms in total. The van der Waals surface area contributed by atoms with Crippen LogP contribution in [0.25, 0.3) is 11.0 Å². The lowest BCUT2D eigenvalue weighted by Crippen LogP contribution is -1.99. The minimum Gasteiger partial charge on any atom is -0.306 e. The summed E-state index contributed by atoms with van der Waals surface area (Å²) in [5, 5.41) is 8.93. The van der Waals surface area contributed by atoms with E-state index in [4.69, 9.17) is 5.26 Å². The minimum atomic E-state index is -0.216. The molecule has 0 aliphatic heterocycles. The zero-order valence-electron chi connectivity index (χ0n) is 8.37. The molecule has 0 aliphatic rings. The number of nitriles is 1. The Morgan fingerprint density at radius 1 is 1.40 bits per heavy atom. The normalized spacial score (nSPS) is 12.5. The summed E-state index contributed by atoms with van der Waals surface area (Å²) in [7, 11) is 0. The van der Waals surface area contributed by atoms with E-state index in [9.17, 15) is 4.79 Å². The summed E-state index contributed by atoms with van der Waals surface area (Å²) >= 11 is 0. The number of hydrogen-bond acceptors (Lipinski definition) is 2. The largest absolute Gasteiger partial charge is 0.323 e. The lowest BCUT2D eigenvalue weighted by atomic mass is 9.98. The molecule has 0 aliphatic carbocycles. The van der Waals surface area contributed by atoms with E-state index < -0.39 is 0 Å². The first-order valence-corrected chi connectivity index (χ1v) is 4.86. The Kier molecular flexibility index (Phi) is 2.30. The molecule has 76 valence electrons. The van der Waals surface area contributed by atoms with Crippen molar-refractivity contribution in [3.8, 4) is 6.07 Å². The number of aromatic amines is 2. The highest BCUT2D eigenvalue weighted by molar-refractivity contribution is 5.75. The highest BCUT2D eigenvalue weighted by Gasteiger charge is 2.09. The summed E-state index contributed by atoms with van der Waals surface area (Å²) in [4.78, 5) is 16.4. The molecule has 0 fully saturated rings. The van der Waals surface area contributed by atoms with Gasteiger partial charge in [-0.3, -0.25) is 0 Å². The van der Waals surface area contributed by atoms with Crippen molar-refractivity contribution in [2.45, 2.75) is 19.3 Å². The first-order valence-electron chi connectivity index (χ1n) is 4.86. The highest BCUT2D eigenvalue weighted by Crippen LogP contribution is 2.21. The van der Waals surface area contributed by atoms with E-state index in [1.807, 2.05) is 25.1 Å². The maximum atomic E-state index is 11.0. The van der Waals surface area contributed by atoms with Crippen LogP contribution in [0, 0.1) is 11.3 Å². The molecular weight excluding hydrogens is 190 g/mol. The Labute approximate surface area is 86.6 Å². The molecule has 2 N–H and O–H groups in total. The molecule has 0 bridgehead atoms. The van der Waals surface area contributed by atoms with Crippen molar-refractivity contribution in [1.29, 1.82) is 5.26 Å². The molecule has 0 amide bonds.